The van der Waals surface area contributed by atoms with Crippen LogP contribution in [-0.2, 0) is 6.42 Å². The normalized spacial score (nSPS) is 13.3. The van der Waals surface area contributed by atoms with E-state index < -0.39 is 0 Å². The van der Waals surface area contributed by atoms with E-state index >= 15 is 0 Å². The van der Waals surface area contributed by atoms with Gasteiger partial charge in [-0.1, -0.05) is 48.0 Å². The number of guanidine groups is 1. The van der Waals surface area contributed by atoms with Crippen molar-refractivity contribution in [2.75, 3.05) is 0 Å². The Hall–Kier alpha value is -3.11. The van der Waals surface area contributed by atoms with Gasteiger partial charge in [0.25, 0.3) is 0 Å². The summed E-state index contributed by atoms with van der Waals surface area (Å²) in [7, 11) is 0. The average Bonchev–Trinajstić information content (AvgIpc) is 3.05. The molecule has 0 saturated heterocycles. The van der Waals surface area contributed by atoms with Crippen LogP contribution in [0, 0.1) is 0 Å². The van der Waals surface area contributed by atoms with Crippen molar-refractivity contribution in [2.45, 2.75) is 13.3 Å². The Morgan fingerprint density at radius 2 is 1.70 bits per heavy atom. The third-order valence-corrected chi connectivity index (χ3v) is 4.88. The van der Waals surface area contributed by atoms with Gasteiger partial charge >= 0.3 is 0 Å². The van der Waals surface area contributed by atoms with Gasteiger partial charge in [0.2, 0.25) is 5.96 Å². The van der Waals surface area contributed by atoms with Crippen LogP contribution in [0.2, 0.25) is 5.02 Å². The third-order valence-electron chi connectivity index (χ3n) is 4.63. The highest BCUT2D eigenvalue weighted by Gasteiger charge is 2.18. The number of nitrogens with zero attached hydrogens (tertiary/aromatic N) is 2. The Balaban J connectivity index is 1.51. The van der Waals surface area contributed by atoms with Gasteiger partial charge in [-0.15, -0.1) is 0 Å². The minimum Gasteiger partial charge on any atom is -0.368 e. The summed E-state index contributed by atoms with van der Waals surface area (Å²) in [6.07, 6.45) is 0.959. The van der Waals surface area contributed by atoms with Gasteiger partial charge in [0.1, 0.15) is 0 Å². The van der Waals surface area contributed by atoms with Gasteiger partial charge in [-0.25, -0.2) is 10.4 Å². The average molecular weight is 375 g/mol. The molecule has 3 aromatic rings. The van der Waals surface area contributed by atoms with Crippen molar-refractivity contribution in [3.63, 3.8) is 0 Å². The molecule has 1 aliphatic carbocycles. The summed E-state index contributed by atoms with van der Waals surface area (Å²) >= 11 is 5.87. The molecule has 0 amide bonds. The number of halogens is 1. The lowest BCUT2D eigenvalue weighted by Crippen LogP contribution is -2.27. The lowest BCUT2D eigenvalue weighted by atomic mass is 10.0. The van der Waals surface area contributed by atoms with Crippen molar-refractivity contribution in [1.29, 1.82) is 0 Å². The van der Waals surface area contributed by atoms with Crippen molar-refractivity contribution in [3.05, 3.63) is 88.4 Å². The zero-order chi connectivity index (χ0) is 18.8. The molecule has 0 fully saturated rings. The number of hydrogen-bond acceptors (Lipinski definition) is 2. The molecule has 0 spiro atoms. The molecule has 1 aliphatic rings. The molecule has 0 saturated carbocycles. The fourth-order valence-corrected chi connectivity index (χ4v) is 3.38. The van der Waals surface area contributed by atoms with Crippen LogP contribution in [-0.4, -0.2) is 11.7 Å². The molecule has 0 atom stereocenters. The van der Waals surface area contributed by atoms with E-state index in [4.69, 9.17) is 17.3 Å². The third kappa shape index (κ3) is 3.71. The molecule has 0 aromatic heterocycles. The first-order chi connectivity index (χ1) is 13.1. The van der Waals surface area contributed by atoms with Gasteiger partial charge in [0.05, 0.1) is 11.4 Å². The number of hydrogen-bond donors (Lipinski definition) is 2. The Morgan fingerprint density at radius 3 is 2.52 bits per heavy atom. The Bertz CT molecular complexity index is 1050. The highest BCUT2D eigenvalue weighted by atomic mass is 35.5. The Morgan fingerprint density at radius 1 is 0.963 bits per heavy atom. The molecule has 4 rings (SSSR count). The summed E-state index contributed by atoms with van der Waals surface area (Å²) in [5, 5.41) is 5.03. The van der Waals surface area contributed by atoms with E-state index in [2.05, 4.69) is 58.0 Å². The summed E-state index contributed by atoms with van der Waals surface area (Å²) in [6, 6.07) is 22.1. The van der Waals surface area contributed by atoms with Crippen molar-refractivity contribution in [3.8, 4) is 11.1 Å². The number of aliphatic imine (C=N–C) groups is 1. The Labute approximate surface area is 163 Å². The van der Waals surface area contributed by atoms with Crippen LogP contribution in [0.1, 0.15) is 23.6 Å². The minimum atomic E-state index is 0.227. The van der Waals surface area contributed by atoms with Crippen molar-refractivity contribution in [1.82, 2.24) is 5.43 Å². The van der Waals surface area contributed by atoms with Crippen LogP contribution in [0.4, 0.5) is 5.69 Å². The molecule has 0 radical (unpaired) electrons. The van der Waals surface area contributed by atoms with E-state index in [1.165, 1.54) is 22.3 Å². The highest BCUT2D eigenvalue weighted by Crippen LogP contribution is 2.36. The lowest BCUT2D eigenvalue weighted by molar-refractivity contribution is 1.00. The molecule has 3 aromatic carbocycles. The summed E-state index contributed by atoms with van der Waals surface area (Å²) in [6.45, 7) is 1.95. The molecule has 4 nitrogen and oxygen atoms in total. The molecular formula is C22H19ClN4. The second kappa shape index (κ2) is 7.25. The van der Waals surface area contributed by atoms with Crippen molar-refractivity contribution < 1.29 is 0 Å². The molecule has 0 heterocycles. The topological polar surface area (TPSA) is 62.8 Å². The summed E-state index contributed by atoms with van der Waals surface area (Å²) < 4.78 is 0. The van der Waals surface area contributed by atoms with Crippen molar-refractivity contribution >= 4 is 29.0 Å². The Kier molecular flexibility index (Phi) is 4.65. The monoisotopic (exact) mass is 374 g/mol. The fraction of sp³-hybridized carbons (Fsp3) is 0.0909. The van der Waals surface area contributed by atoms with E-state index in [1.54, 1.807) is 24.3 Å². The van der Waals surface area contributed by atoms with Gasteiger partial charge in [-0.05, 0) is 71.5 Å². The molecule has 5 heteroatoms. The zero-order valence-electron chi connectivity index (χ0n) is 14.9. The zero-order valence-corrected chi connectivity index (χ0v) is 15.7. The minimum absolute atomic E-state index is 0.227. The van der Waals surface area contributed by atoms with E-state index in [9.17, 15) is 0 Å². The fourth-order valence-electron chi connectivity index (χ4n) is 3.26. The van der Waals surface area contributed by atoms with Gasteiger partial charge in [0, 0.05) is 5.02 Å². The number of nitrogens with two attached hydrogens (primary N) is 1. The van der Waals surface area contributed by atoms with Crippen LogP contribution in [0.5, 0.6) is 0 Å². The van der Waals surface area contributed by atoms with Crippen LogP contribution in [0.3, 0.4) is 0 Å². The summed E-state index contributed by atoms with van der Waals surface area (Å²) in [5.41, 5.74) is 16.7. The van der Waals surface area contributed by atoms with Gasteiger partial charge < -0.3 is 5.73 Å². The first-order valence-electron chi connectivity index (χ1n) is 8.72. The number of hydrazone groups is 1. The lowest BCUT2D eigenvalue weighted by Gasteiger charge is -2.06. The number of nitrogens with one attached hydrogen (secondary N) is 1. The first-order valence-corrected chi connectivity index (χ1v) is 9.09. The van der Waals surface area contributed by atoms with Gasteiger partial charge in [-0.3, -0.25) is 0 Å². The molecule has 0 bridgehead atoms. The summed E-state index contributed by atoms with van der Waals surface area (Å²) in [5.74, 6) is 0.227. The SMILES string of the molecule is CC(=NNC(N)=Nc1ccc(Cl)cc1)c1ccc2c(c1)Cc1ccccc1-2. The van der Waals surface area contributed by atoms with Crippen LogP contribution in [0.25, 0.3) is 11.1 Å². The molecule has 0 aliphatic heterocycles. The second-order valence-electron chi connectivity index (χ2n) is 6.49. The molecule has 27 heavy (non-hydrogen) atoms. The molecule has 134 valence electrons. The molecule has 3 N–H and O–H groups in total. The maximum atomic E-state index is 5.92. The van der Waals surface area contributed by atoms with Crippen LogP contribution < -0.4 is 11.2 Å². The predicted octanol–water partition coefficient (Wildman–Crippen LogP) is 4.87. The number of rotatable bonds is 3. The van der Waals surface area contributed by atoms with Crippen molar-refractivity contribution in [2.24, 2.45) is 15.8 Å². The summed E-state index contributed by atoms with van der Waals surface area (Å²) in [4.78, 5) is 4.27. The van der Waals surface area contributed by atoms with E-state index in [0.29, 0.717) is 10.7 Å². The van der Waals surface area contributed by atoms with Crippen LogP contribution >= 0.6 is 11.6 Å². The quantitative estimate of drug-likeness (QED) is 0.305. The van der Waals surface area contributed by atoms with Gasteiger partial charge in [-0.2, -0.15) is 5.10 Å². The number of benzene rings is 3. The van der Waals surface area contributed by atoms with Gasteiger partial charge in [0.15, 0.2) is 0 Å². The second-order valence-corrected chi connectivity index (χ2v) is 6.92. The largest absolute Gasteiger partial charge is 0.368 e. The van der Waals surface area contributed by atoms with Crippen LogP contribution in [0.15, 0.2) is 76.8 Å². The molecular weight excluding hydrogens is 356 g/mol. The highest BCUT2D eigenvalue weighted by molar-refractivity contribution is 6.30. The van der Waals surface area contributed by atoms with E-state index in [0.717, 1.165) is 17.7 Å². The first kappa shape index (κ1) is 17.3. The van der Waals surface area contributed by atoms with E-state index in [-0.39, 0.29) is 5.96 Å². The smallest absolute Gasteiger partial charge is 0.214 e. The maximum absolute atomic E-state index is 5.92. The number of fused-ring (bicyclic) bond motifs is 3. The van der Waals surface area contributed by atoms with E-state index in [1.807, 2.05) is 6.92 Å². The standard InChI is InChI=1S/C22H19ClN4/c1-14(26-27-22(24)25-19-9-7-18(23)8-10-19)15-6-11-21-17(12-15)13-16-4-2-3-5-20(16)21/h2-12H,13H2,1H3,(H3,24,25,27). The molecule has 0 unspecified atom stereocenters. The maximum Gasteiger partial charge on any atom is 0.214 e. The predicted molar refractivity (Wildman–Crippen MR) is 113 cm³/mol.